The number of aromatic nitrogens is 1. The molecular formula is C13H18N2O6S. The molecule has 1 aliphatic heterocycles. The minimum atomic E-state index is -3.96. The van der Waals surface area contributed by atoms with Gasteiger partial charge < -0.3 is 14.4 Å². The number of hydrogen-bond acceptors (Lipinski definition) is 5. The number of rotatable bonds is 5. The summed E-state index contributed by atoms with van der Waals surface area (Å²) in [5.41, 5.74) is 0.103. The van der Waals surface area contributed by atoms with Gasteiger partial charge in [-0.25, -0.2) is 13.2 Å². The summed E-state index contributed by atoms with van der Waals surface area (Å²) in [5.74, 6) is -1.79. The molecule has 2 heterocycles. The number of carboxylic acid groups (broad SMARTS) is 1. The van der Waals surface area contributed by atoms with Crippen molar-refractivity contribution in [2.24, 2.45) is 7.05 Å². The zero-order chi connectivity index (χ0) is 16.5. The molecule has 2 rings (SSSR count). The first-order valence-electron chi connectivity index (χ1n) is 6.87. The Morgan fingerprint density at radius 2 is 2.14 bits per heavy atom. The third-order valence-corrected chi connectivity index (χ3v) is 5.43. The molecule has 0 radical (unpaired) electrons. The number of carbonyl (C=O) groups is 2. The minimum absolute atomic E-state index is 0.103. The number of ether oxygens (including phenoxy) is 1. The Hall–Kier alpha value is -1.87. The molecule has 0 aliphatic carbocycles. The Labute approximate surface area is 128 Å². The second-order valence-electron chi connectivity index (χ2n) is 5.00. The van der Waals surface area contributed by atoms with Gasteiger partial charge in [0, 0.05) is 19.8 Å². The van der Waals surface area contributed by atoms with Gasteiger partial charge in [0.25, 0.3) is 0 Å². The van der Waals surface area contributed by atoms with Gasteiger partial charge in [-0.15, -0.1) is 0 Å². The molecule has 1 aliphatic rings. The van der Waals surface area contributed by atoms with Crippen molar-refractivity contribution >= 4 is 22.0 Å². The summed E-state index contributed by atoms with van der Waals surface area (Å²) in [5, 5.41) is 9.13. The quantitative estimate of drug-likeness (QED) is 0.785. The monoisotopic (exact) mass is 330 g/mol. The minimum Gasteiger partial charge on any atom is -0.480 e. The lowest BCUT2D eigenvalue weighted by Crippen LogP contribution is -2.40. The highest BCUT2D eigenvalue weighted by Crippen LogP contribution is 2.27. The SMILES string of the molecule is CCOC(=O)c1cc(S(=O)(=O)N2CCC[C@H]2C(=O)O)cn1C. The van der Waals surface area contributed by atoms with Gasteiger partial charge in [-0.2, -0.15) is 4.31 Å². The van der Waals surface area contributed by atoms with E-state index in [1.165, 1.54) is 23.9 Å². The molecule has 8 nitrogen and oxygen atoms in total. The number of carboxylic acids is 1. The van der Waals surface area contributed by atoms with Gasteiger partial charge in [-0.3, -0.25) is 4.79 Å². The highest BCUT2D eigenvalue weighted by atomic mass is 32.2. The highest BCUT2D eigenvalue weighted by molar-refractivity contribution is 7.89. The topological polar surface area (TPSA) is 106 Å². The van der Waals surface area contributed by atoms with Gasteiger partial charge in [0.15, 0.2) is 0 Å². The molecule has 0 aromatic carbocycles. The molecule has 122 valence electrons. The van der Waals surface area contributed by atoms with Gasteiger partial charge >= 0.3 is 11.9 Å². The summed E-state index contributed by atoms with van der Waals surface area (Å²) in [6, 6.07) is 0.154. The lowest BCUT2D eigenvalue weighted by molar-refractivity contribution is -0.140. The Balaban J connectivity index is 2.36. The van der Waals surface area contributed by atoms with E-state index in [0.29, 0.717) is 6.42 Å². The van der Waals surface area contributed by atoms with Crippen molar-refractivity contribution in [2.45, 2.75) is 30.7 Å². The average molecular weight is 330 g/mol. The van der Waals surface area contributed by atoms with Gasteiger partial charge in [0.1, 0.15) is 16.6 Å². The van der Waals surface area contributed by atoms with E-state index in [4.69, 9.17) is 9.84 Å². The summed E-state index contributed by atoms with van der Waals surface area (Å²) in [4.78, 5) is 22.8. The van der Waals surface area contributed by atoms with Crippen LogP contribution < -0.4 is 0 Å². The molecule has 0 spiro atoms. The number of aryl methyl sites for hydroxylation is 1. The van der Waals surface area contributed by atoms with Crippen LogP contribution in [0.5, 0.6) is 0 Å². The summed E-state index contributed by atoms with van der Waals surface area (Å²) in [6.07, 6.45) is 2.07. The molecule has 1 saturated heterocycles. The van der Waals surface area contributed by atoms with E-state index in [1.54, 1.807) is 6.92 Å². The molecule has 0 saturated carbocycles. The van der Waals surface area contributed by atoms with Crippen LogP contribution >= 0.6 is 0 Å². The predicted octanol–water partition coefficient (Wildman–Crippen LogP) is 0.439. The smallest absolute Gasteiger partial charge is 0.354 e. The van der Waals surface area contributed by atoms with Crippen molar-refractivity contribution in [3.8, 4) is 0 Å². The van der Waals surface area contributed by atoms with Crippen LogP contribution in [0.1, 0.15) is 30.3 Å². The van der Waals surface area contributed by atoms with Crippen LogP contribution in [-0.2, 0) is 26.6 Å². The third kappa shape index (κ3) is 2.86. The number of esters is 1. The van der Waals surface area contributed by atoms with Crippen molar-refractivity contribution < 1.29 is 27.9 Å². The van der Waals surface area contributed by atoms with Crippen LogP contribution in [0.3, 0.4) is 0 Å². The first kappa shape index (κ1) is 16.5. The number of sulfonamides is 1. The maximum atomic E-state index is 12.6. The maximum absolute atomic E-state index is 12.6. The Morgan fingerprint density at radius 1 is 1.45 bits per heavy atom. The molecule has 1 aromatic rings. The van der Waals surface area contributed by atoms with Gasteiger partial charge in [0.05, 0.1) is 6.61 Å². The molecule has 1 aromatic heterocycles. The summed E-state index contributed by atoms with van der Waals surface area (Å²) in [7, 11) is -2.43. The van der Waals surface area contributed by atoms with E-state index in [-0.39, 0.29) is 30.2 Å². The zero-order valence-electron chi connectivity index (χ0n) is 12.4. The molecular weight excluding hydrogens is 312 g/mol. The Morgan fingerprint density at radius 3 is 2.73 bits per heavy atom. The average Bonchev–Trinajstić information content (AvgIpc) is 3.05. The highest BCUT2D eigenvalue weighted by Gasteiger charge is 2.40. The Kier molecular flexibility index (Phi) is 4.57. The molecule has 0 unspecified atom stereocenters. The second kappa shape index (κ2) is 6.09. The number of hydrogen-bond donors (Lipinski definition) is 1. The fourth-order valence-electron chi connectivity index (χ4n) is 2.49. The molecule has 0 bridgehead atoms. The first-order valence-corrected chi connectivity index (χ1v) is 8.31. The third-order valence-electron chi connectivity index (χ3n) is 3.56. The van der Waals surface area contributed by atoms with E-state index < -0.39 is 28.0 Å². The largest absolute Gasteiger partial charge is 0.480 e. The summed E-state index contributed by atoms with van der Waals surface area (Å²) < 4.78 is 32.4. The Bertz CT molecular complexity index is 693. The van der Waals surface area contributed by atoms with Crippen LogP contribution in [0.4, 0.5) is 0 Å². The fourth-order valence-corrected chi connectivity index (χ4v) is 4.22. The van der Waals surface area contributed by atoms with Crippen molar-refractivity contribution in [1.29, 1.82) is 0 Å². The van der Waals surface area contributed by atoms with E-state index >= 15 is 0 Å². The fraction of sp³-hybridized carbons (Fsp3) is 0.538. The predicted molar refractivity (Wildman–Crippen MR) is 75.9 cm³/mol. The summed E-state index contributed by atoms with van der Waals surface area (Å²) >= 11 is 0. The molecule has 1 fully saturated rings. The van der Waals surface area contributed by atoms with Crippen LogP contribution in [0.15, 0.2) is 17.2 Å². The van der Waals surface area contributed by atoms with Gasteiger partial charge in [-0.1, -0.05) is 0 Å². The van der Waals surface area contributed by atoms with E-state index in [0.717, 1.165) is 4.31 Å². The van der Waals surface area contributed by atoms with E-state index in [2.05, 4.69) is 0 Å². The number of nitrogens with zero attached hydrogens (tertiary/aromatic N) is 2. The van der Waals surface area contributed by atoms with Crippen LogP contribution in [0, 0.1) is 0 Å². The molecule has 1 N–H and O–H groups in total. The van der Waals surface area contributed by atoms with E-state index in [9.17, 15) is 18.0 Å². The lowest BCUT2D eigenvalue weighted by atomic mass is 10.2. The van der Waals surface area contributed by atoms with Crippen LogP contribution in [0.25, 0.3) is 0 Å². The number of aliphatic carboxylic acids is 1. The number of carbonyl (C=O) groups excluding carboxylic acids is 1. The maximum Gasteiger partial charge on any atom is 0.354 e. The molecule has 9 heteroatoms. The van der Waals surface area contributed by atoms with Crippen molar-refractivity contribution in [3.63, 3.8) is 0 Å². The molecule has 22 heavy (non-hydrogen) atoms. The van der Waals surface area contributed by atoms with Gasteiger partial charge in [-0.05, 0) is 25.8 Å². The summed E-state index contributed by atoms with van der Waals surface area (Å²) in [6.45, 7) is 1.99. The molecule has 0 amide bonds. The van der Waals surface area contributed by atoms with Gasteiger partial charge in [0.2, 0.25) is 10.0 Å². The first-order chi connectivity index (χ1) is 10.3. The van der Waals surface area contributed by atoms with Crippen molar-refractivity contribution in [2.75, 3.05) is 13.2 Å². The van der Waals surface area contributed by atoms with Crippen molar-refractivity contribution in [1.82, 2.24) is 8.87 Å². The van der Waals surface area contributed by atoms with Crippen LogP contribution in [-0.4, -0.2) is 53.5 Å². The van der Waals surface area contributed by atoms with Crippen LogP contribution in [0.2, 0.25) is 0 Å². The van der Waals surface area contributed by atoms with E-state index in [1.807, 2.05) is 0 Å². The lowest BCUT2D eigenvalue weighted by Gasteiger charge is -2.19. The van der Waals surface area contributed by atoms with Crippen molar-refractivity contribution in [3.05, 3.63) is 18.0 Å². The zero-order valence-corrected chi connectivity index (χ0v) is 13.2. The molecule has 1 atom stereocenters. The normalized spacial score (nSPS) is 19.3. The second-order valence-corrected chi connectivity index (χ2v) is 6.89. The standard InChI is InChI=1S/C13H18N2O6S/c1-3-21-13(18)11-7-9(8-14(11)2)22(19,20)15-6-4-5-10(15)12(16)17/h7-8,10H,3-6H2,1-2H3,(H,16,17)/t10-/m0/s1.